The normalized spacial score (nSPS) is 13.5. The molecule has 0 rings (SSSR count). The molecule has 0 radical (unpaired) electrons. The Kier molecular flexibility index (Phi) is 36.0. The zero-order valence-corrected chi connectivity index (χ0v) is 36.4. The van der Waals surface area contributed by atoms with Crippen LogP contribution in [0.5, 0.6) is 0 Å². The number of unbranched alkanes of at least 4 members (excludes halogenated alkanes) is 27. The maximum Gasteiger partial charge on any atom is 0.472 e. The lowest BCUT2D eigenvalue weighted by Gasteiger charge is -2.24. The standard InChI is InChI=1S/C43H86NO8P/c1-6-8-10-12-14-16-18-20-21-22-23-24-26-27-29-31-33-35-42(45)49-39-41(40-51-53(47,48)50-38-37-44(3,4)5)52-43(46)36-34-32-30-28-25-19-17-15-13-11-9-7-2/h41H,6-40H2,1-5H3/p+1/t41-/m1/s1. The van der Waals surface area contributed by atoms with E-state index in [0.717, 1.165) is 38.5 Å². The van der Waals surface area contributed by atoms with Crippen molar-refractivity contribution in [3.8, 4) is 0 Å². The minimum atomic E-state index is -4.36. The summed E-state index contributed by atoms with van der Waals surface area (Å²) in [6.45, 7) is 4.45. The van der Waals surface area contributed by atoms with E-state index in [4.69, 9.17) is 18.5 Å². The Morgan fingerprint density at radius 1 is 0.509 bits per heavy atom. The third kappa shape index (κ3) is 40.5. The van der Waals surface area contributed by atoms with Gasteiger partial charge in [0.25, 0.3) is 0 Å². The first-order valence-electron chi connectivity index (χ1n) is 22.3. The summed E-state index contributed by atoms with van der Waals surface area (Å²) in [6, 6.07) is 0. The number of phosphoric ester groups is 1. The van der Waals surface area contributed by atoms with E-state index in [-0.39, 0.29) is 25.6 Å². The average Bonchev–Trinajstić information content (AvgIpc) is 3.10. The number of esters is 2. The predicted octanol–water partition coefficient (Wildman–Crippen LogP) is 12.4. The molecule has 0 saturated heterocycles. The van der Waals surface area contributed by atoms with Crippen LogP contribution in [0.15, 0.2) is 0 Å². The third-order valence-electron chi connectivity index (χ3n) is 9.89. The molecule has 0 saturated carbocycles. The Labute approximate surface area is 327 Å². The molecule has 2 atom stereocenters. The molecule has 0 aliphatic heterocycles. The van der Waals surface area contributed by atoms with Crippen molar-refractivity contribution in [3.63, 3.8) is 0 Å². The molecule has 0 fully saturated rings. The topological polar surface area (TPSA) is 108 Å². The molecule has 0 aliphatic rings. The molecule has 0 bridgehead atoms. The van der Waals surface area contributed by atoms with Gasteiger partial charge in [-0.3, -0.25) is 18.6 Å². The van der Waals surface area contributed by atoms with Crippen LogP contribution in [0.4, 0.5) is 0 Å². The van der Waals surface area contributed by atoms with Crippen LogP contribution in [0, 0.1) is 0 Å². The van der Waals surface area contributed by atoms with E-state index in [1.807, 2.05) is 21.1 Å². The van der Waals surface area contributed by atoms with Crippen LogP contribution < -0.4 is 0 Å². The van der Waals surface area contributed by atoms with Gasteiger partial charge in [-0.15, -0.1) is 0 Å². The van der Waals surface area contributed by atoms with Gasteiger partial charge in [-0.2, -0.15) is 0 Å². The number of nitrogens with zero attached hydrogens (tertiary/aromatic N) is 1. The molecule has 1 unspecified atom stereocenters. The first-order valence-corrected chi connectivity index (χ1v) is 23.8. The highest BCUT2D eigenvalue weighted by atomic mass is 31.2. The Hall–Kier alpha value is -0.990. The Morgan fingerprint density at radius 2 is 0.849 bits per heavy atom. The zero-order valence-electron chi connectivity index (χ0n) is 35.5. The number of hydrogen-bond donors (Lipinski definition) is 1. The van der Waals surface area contributed by atoms with Crippen LogP contribution in [0.3, 0.4) is 0 Å². The number of ether oxygens (including phenoxy) is 2. The zero-order chi connectivity index (χ0) is 39.3. The molecule has 0 aliphatic carbocycles. The fraction of sp³-hybridized carbons (Fsp3) is 0.953. The van der Waals surface area contributed by atoms with Gasteiger partial charge in [-0.1, -0.05) is 187 Å². The van der Waals surface area contributed by atoms with E-state index in [0.29, 0.717) is 17.4 Å². The molecule has 0 aromatic carbocycles. The Morgan fingerprint density at radius 3 is 1.21 bits per heavy atom. The van der Waals surface area contributed by atoms with Crippen molar-refractivity contribution < 1.29 is 42.1 Å². The third-order valence-corrected chi connectivity index (χ3v) is 10.9. The molecule has 0 aromatic rings. The first kappa shape index (κ1) is 52.0. The van der Waals surface area contributed by atoms with E-state index in [1.54, 1.807) is 0 Å². The van der Waals surface area contributed by atoms with Gasteiger partial charge in [-0.25, -0.2) is 4.57 Å². The highest BCUT2D eigenvalue weighted by Gasteiger charge is 2.27. The van der Waals surface area contributed by atoms with Gasteiger partial charge in [0, 0.05) is 12.8 Å². The lowest BCUT2D eigenvalue weighted by molar-refractivity contribution is -0.870. The van der Waals surface area contributed by atoms with Crippen molar-refractivity contribution in [3.05, 3.63) is 0 Å². The number of phosphoric acid groups is 1. The van der Waals surface area contributed by atoms with Crippen molar-refractivity contribution in [2.75, 3.05) is 47.5 Å². The van der Waals surface area contributed by atoms with Crippen molar-refractivity contribution in [2.24, 2.45) is 0 Å². The first-order chi connectivity index (χ1) is 25.5. The fourth-order valence-corrected chi connectivity index (χ4v) is 7.11. The summed E-state index contributed by atoms with van der Waals surface area (Å²) in [5.41, 5.74) is 0. The molecule has 9 nitrogen and oxygen atoms in total. The molecule has 1 N–H and O–H groups in total. The molecular formula is C43H87NO8P+. The summed E-state index contributed by atoms with van der Waals surface area (Å²) >= 11 is 0. The molecule has 316 valence electrons. The smallest absolute Gasteiger partial charge is 0.462 e. The number of carbonyl (C=O) groups is 2. The van der Waals surface area contributed by atoms with Gasteiger partial charge in [0.05, 0.1) is 27.7 Å². The summed E-state index contributed by atoms with van der Waals surface area (Å²) < 4.78 is 34.3. The molecule has 10 heteroatoms. The van der Waals surface area contributed by atoms with Crippen LogP contribution in [0.25, 0.3) is 0 Å². The maximum absolute atomic E-state index is 12.6. The summed E-state index contributed by atoms with van der Waals surface area (Å²) in [6.07, 6.45) is 35.7. The van der Waals surface area contributed by atoms with E-state index in [9.17, 15) is 19.0 Å². The Balaban J connectivity index is 4.28. The van der Waals surface area contributed by atoms with Crippen LogP contribution in [0.1, 0.15) is 213 Å². The van der Waals surface area contributed by atoms with Gasteiger partial charge in [-0.05, 0) is 12.8 Å². The minimum Gasteiger partial charge on any atom is -0.462 e. The summed E-state index contributed by atoms with van der Waals surface area (Å²) in [4.78, 5) is 35.3. The molecular weight excluding hydrogens is 689 g/mol. The summed E-state index contributed by atoms with van der Waals surface area (Å²) in [5.74, 6) is -0.784. The van der Waals surface area contributed by atoms with Gasteiger partial charge < -0.3 is 18.9 Å². The maximum atomic E-state index is 12.6. The quantitative estimate of drug-likeness (QED) is 0.0283. The predicted molar refractivity (Wildman–Crippen MR) is 220 cm³/mol. The average molecular weight is 777 g/mol. The van der Waals surface area contributed by atoms with E-state index < -0.39 is 26.5 Å². The number of carbonyl (C=O) groups excluding carboxylic acids is 2. The molecule has 0 heterocycles. The van der Waals surface area contributed by atoms with E-state index >= 15 is 0 Å². The van der Waals surface area contributed by atoms with Crippen LogP contribution in [0.2, 0.25) is 0 Å². The van der Waals surface area contributed by atoms with Crippen molar-refractivity contribution in [1.82, 2.24) is 0 Å². The van der Waals surface area contributed by atoms with Crippen LogP contribution in [-0.2, 0) is 32.7 Å². The van der Waals surface area contributed by atoms with Gasteiger partial charge >= 0.3 is 19.8 Å². The molecule has 0 amide bonds. The van der Waals surface area contributed by atoms with Crippen LogP contribution >= 0.6 is 7.82 Å². The lowest BCUT2D eigenvalue weighted by atomic mass is 10.0. The summed E-state index contributed by atoms with van der Waals surface area (Å²) in [5, 5.41) is 0. The summed E-state index contributed by atoms with van der Waals surface area (Å²) in [7, 11) is 1.49. The van der Waals surface area contributed by atoms with Gasteiger partial charge in [0.15, 0.2) is 6.10 Å². The van der Waals surface area contributed by atoms with Crippen molar-refractivity contribution in [1.29, 1.82) is 0 Å². The SMILES string of the molecule is CCCCCCCCCCCCCCCCCCCC(=O)OC[C@H](COP(=O)(O)OCC[N+](C)(C)C)OC(=O)CCCCCCCCCCCCCC. The second-order valence-electron chi connectivity index (χ2n) is 16.5. The van der Waals surface area contributed by atoms with Gasteiger partial charge in [0.1, 0.15) is 19.8 Å². The highest BCUT2D eigenvalue weighted by molar-refractivity contribution is 7.47. The van der Waals surface area contributed by atoms with Gasteiger partial charge in [0.2, 0.25) is 0 Å². The van der Waals surface area contributed by atoms with Crippen LogP contribution in [-0.4, -0.2) is 74.9 Å². The van der Waals surface area contributed by atoms with Crippen molar-refractivity contribution in [2.45, 2.75) is 219 Å². The number of hydrogen-bond acceptors (Lipinski definition) is 7. The Bertz CT molecular complexity index is 881. The number of likely N-dealkylation sites (N-methyl/N-ethyl adjacent to an activating group) is 1. The fourth-order valence-electron chi connectivity index (χ4n) is 6.37. The minimum absolute atomic E-state index is 0.0367. The second kappa shape index (κ2) is 36.6. The highest BCUT2D eigenvalue weighted by Crippen LogP contribution is 2.43. The van der Waals surface area contributed by atoms with E-state index in [2.05, 4.69) is 13.8 Å². The molecule has 53 heavy (non-hydrogen) atoms. The molecule has 0 aromatic heterocycles. The monoisotopic (exact) mass is 777 g/mol. The van der Waals surface area contributed by atoms with E-state index in [1.165, 1.54) is 148 Å². The second-order valence-corrected chi connectivity index (χ2v) is 17.9. The molecule has 0 spiro atoms. The number of quaternary nitrogens is 1. The lowest BCUT2D eigenvalue weighted by Crippen LogP contribution is -2.37. The van der Waals surface area contributed by atoms with Crippen molar-refractivity contribution >= 4 is 19.8 Å². The number of rotatable bonds is 41. The largest absolute Gasteiger partial charge is 0.472 e.